The zero-order chi connectivity index (χ0) is 19.9. The summed E-state index contributed by atoms with van der Waals surface area (Å²) in [7, 11) is 0. The quantitative estimate of drug-likeness (QED) is 0.710. The summed E-state index contributed by atoms with van der Waals surface area (Å²) in [5, 5.41) is 3.87. The highest BCUT2D eigenvalue weighted by atomic mass is 32.2. The molecule has 1 amide bonds. The van der Waals surface area contributed by atoms with E-state index in [2.05, 4.69) is 15.1 Å². The Kier molecular flexibility index (Phi) is 7.46. The van der Waals surface area contributed by atoms with Crippen molar-refractivity contribution in [2.45, 2.75) is 81.8 Å². The second kappa shape index (κ2) is 10.5. The molecule has 0 atom stereocenters. The van der Waals surface area contributed by atoms with Gasteiger partial charge in [0, 0.05) is 32.2 Å². The number of carbonyl (C=O) groups is 1. The maximum absolute atomic E-state index is 12.4. The molecule has 0 radical (unpaired) electrons. The Morgan fingerprint density at radius 3 is 1.86 bits per heavy atom. The van der Waals surface area contributed by atoms with Crippen LogP contribution in [0.1, 0.15) is 70.6 Å². The van der Waals surface area contributed by atoms with Gasteiger partial charge in [-0.05, 0) is 51.4 Å². The van der Waals surface area contributed by atoms with Crippen molar-refractivity contribution in [2.75, 3.05) is 41.7 Å². The van der Waals surface area contributed by atoms with Crippen LogP contribution in [0.25, 0.3) is 0 Å². The number of hydrogen-bond donors (Lipinski definition) is 1. The number of nitrogens with one attached hydrogen (secondary N) is 1. The molecule has 0 unspecified atom stereocenters. The van der Waals surface area contributed by atoms with Crippen molar-refractivity contribution in [3.05, 3.63) is 0 Å². The summed E-state index contributed by atoms with van der Waals surface area (Å²) < 4.78 is 0. The summed E-state index contributed by atoms with van der Waals surface area (Å²) in [5.41, 5.74) is 0. The molecular weight excluding hydrogens is 384 g/mol. The van der Waals surface area contributed by atoms with Gasteiger partial charge in [-0.3, -0.25) is 4.79 Å². The lowest BCUT2D eigenvalue weighted by Gasteiger charge is -2.30. The van der Waals surface area contributed by atoms with Gasteiger partial charge >= 0.3 is 0 Å². The maximum Gasteiger partial charge on any atom is 0.231 e. The third kappa shape index (κ3) is 5.96. The number of piperidine rings is 2. The largest absolute Gasteiger partial charge is 0.353 e. The van der Waals surface area contributed by atoms with Crippen LogP contribution >= 0.6 is 11.8 Å². The third-order valence-electron chi connectivity index (χ3n) is 6.17. The predicted molar refractivity (Wildman–Crippen MR) is 118 cm³/mol. The van der Waals surface area contributed by atoms with Gasteiger partial charge in [-0.15, -0.1) is 0 Å². The van der Waals surface area contributed by atoms with E-state index in [1.54, 1.807) is 0 Å². The second-order valence-electron chi connectivity index (χ2n) is 8.50. The van der Waals surface area contributed by atoms with E-state index in [-0.39, 0.29) is 5.91 Å². The number of nitrogens with zero attached hydrogens (tertiary/aromatic N) is 5. The molecule has 1 aliphatic carbocycles. The molecule has 1 aromatic rings. The first-order valence-corrected chi connectivity index (χ1v) is 12.4. The van der Waals surface area contributed by atoms with Crippen molar-refractivity contribution in [2.24, 2.45) is 0 Å². The lowest BCUT2D eigenvalue weighted by molar-refractivity contribution is -0.119. The average Bonchev–Trinajstić information content (AvgIpc) is 2.79. The molecule has 1 N–H and O–H groups in total. The molecule has 1 saturated carbocycles. The first-order chi connectivity index (χ1) is 14.3. The number of amides is 1. The van der Waals surface area contributed by atoms with Gasteiger partial charge in [-0.2, -0.15) is 15.0 Å². The van der Waals surface area contributed by atoms with Gasteiger partial charge in [0.1, 0.15) is 0 Å². The molecule has 2 aliphatic heterocycles. The van der Waals surface area contributed by atoms with Gasteiger partial charge < -0.3 is 15.1 Å². The van der Waals surface area contributed by atoms with E-state index in [4.69, 9.17) is 15.0 Å². The van der Waals surface area contributed by atoms with Crippen LogP contribution in [0.5, 0.6) is 0 Å². The Hall–Kier alpha value is -1.57. The van der Waals surface area contributed by atoms with Gasteiger partial charge in [0.25, 0.3) is 0 Å². The van der Waals surface area contributed by atoms with Crippen LogP contribution in [-0.4, -0.2) is 58.8 Å². The van der Waals surface area contributed by atoms with Crippen LogP contribution in [0.15, 0.2) is 5.16 Å². The molecule has 29 heavy (non-hydrogen) atoms. The van der Waals surface area contributed by atoms with Crippen LogP contribution in [-0.2, 0) is 4.79 Å². The van der Waals surface area contributed by atoms with Crippen molar-refractivity contribution in [3.63, 3.8) is 0 Å². The Morgan fingerprint density at radius 2 is 1.31 bits per heavy atom. The first-order valence-electron chi connectivity index (χ1n) is 11.5. The molecule has 0 spiro atoms. The highest BCUT2D eigenvalue weighted by molar-refractivity contribution is 7.99. The van der Waals surface area contributed by atoms with Crippen LogP contribution in [0.4, 0.5) is 11.9 Å². The minimum absolute atomic E-state index is 0.0985. The monoisotopic (exact) mass is 418 g/mol. The van der Waals surface area contributed by atoms with E-state index in [0.29, 0.717) is 17.0 Å². The fraction of sp³-hybridized carbons (Fsp3) is 0.810. The SMILES string of the molecule is O=C(CSc1nc(N2CCCCC2)nc(N2CCCCC2)n1)NC1CCCCC1. The standard InChI is InChI=1S/C21H34N6OS/c28-18(22-17-10-4-1-5-11-17)16-29-21-24-19(26-12-6-2-7-13-26)23-20(25-21)27-14-8-3-9-15-27/h17H,1-16H2,(H,22,28). The summed E-state index contributed by atoms with van der Waals surface area (Å²) in [5.74, 6) is 2.05. The van der Waals surface area contributed by atoms with Gasteiger partial charge in [-0.1, -0.05) is 31.0 Å². The normalized spacial score (nSPS) is 21.2. The zero-order valence-electron chi connectivity index (χ0n) is 17.4. The minimum atomic E-state index is 0.0985. The number of aromatic nitrogens is 3. The van der Waals surface area contributed by atoms with Crippen molar-refractivity contribution >= 4 is 29.6 Å². The van der Waals surface area contributed by atoms with E-state index in [9.17, 15) is 4.79 Å². The number of rotatable bonds is 6. The van der Waals surface area contributed by atoms with Gasteiger partial charge in [0.15, 0.2) is 5.16 Å². The topological polar surface area (TPSA) is 74.2 Å². The first kappa shape index (κ1) is 20.7. The third-order valence-corrected chi connectivity index (χ3v) is 7.02. The van der Waals surface area contributed by atoms with Crippen molar-refractivity contribution in [1.82, 2.24) is 20.3 Å². The number of carbonyl (C=O) groups excluding carboxylic acids is 1. The van der Waals surface area contributed by atoms with E-state index >= 15 is 0 Å². The van der Waals surface area contributed by atoms with Crippen LogP contribution in [0.3, 0.4) is 0 Å². The number of anilines is 2. The highest BCUT2D eigenvalue weighted by Gasteiger charge is 2.21. The molecule has 3 aliphatic rings. The fourth-order valence-electron chi connectivity index (χ4n) is 4.52. The van der Waals surface area contributed by atoms with Crippen molar-refractivity contribution < 1.29 is 4.79 Å². The smallest absolute Gasteiger partial charge is 0.231 e. The average molecular weight is 419 g/mol. The summed E-state index contributed by atoms with van der Waals surface area (Å²) in [4.78, 5) is 31.3. The number of thioether (sulfide) groups is 1. The molecular formula is C21H34N6OS. The Bertz CT molecular complexity index is 633. The molecule has 7 nitrogen and oxygen atoms in total. The van der Waals surface area contributed by atoms with E-state index in [0.717, 1.165) is 50.9 Å². The molecule has 3 fully saturated rings. The maximum atomic E-state index is 12.4. The molecule has 160 valence electrons. The Balaban J connectivity index is 1.43. The summed E-state index contributed by atoms with van der Waals surface area (Å²) >= 11 is 1.45. The second-order valence-corrected chi connectivity index (χ2v) is 9.45. The molecule has 0 bridgehead atoms. The molecule has 4 rings (SSSR count). The number of hydrogen-bond acceptors (Lipinski definition) is 7. The Labute approximate surface area is 178 Å². The lowest BCUT2D eigenvalue weighted by atomic mass is 9.95. The molecule has 3 heterocycles. The predicted octanol–water partition coefficient (Wildman–Crippen LogP) is 3.39. The molecule has 2 saturated heterocycles. The highest BCUT2D eigenvalue weighted by Crippen LogP contribution is 2.25. The van der Waals surface area contributed by atoms with Crippen LogP contribution in [0, 0.1) is 0 Å². The minimum Gasteiger partial charge on any atom is -0.353 e. The van der Waals surface area contributed by atoms with E-state index in [1.165, 1.54) is 69.5 Å². The lowest BCUT2D eigenvalue weighted by Crippen LogP contribution is -2.37. The molecule has 1 aromatic heterocycles. The zero-order valence-corrected chi connectivity index (χ0v) is 18.3. The van der Waals surface area contributed by atoms with Crippen molar-refractivity contribution in [1.29, 1.82) is 0 Å². The summed E-state index contributed by atoms with van der Waals surface area (Å²) in [6.45, 7) is 4.04. The molecule has 0 aromatic carbocycles. The summed E-state index contributed by atoms with van der Waals surface area (Å²) in [6.07, 6.45) is 13.3. The van der Waals surface area contributed by atoms with Crippen LogP contribution in [0.2, 0.25) is 0 Å². The van der Waals surface area contributed by atoms with Crippen LogP contribution < -0.4 is 15.1 Å². The summed E-state index contributed by atoms with van der Waals surface area (Å²) in [6, 6.07) is 0.350. The van der Waals surface area contributed by atoms with Crippen molar-refractivity contribution in [3.8, 4) is 0 Å². The van der Waals surface area contributed by atoms with E-state index < -0.39 is 0 Å². The fourth-order valence-corrected chi connectivity index (χ4v) is 5.15. The Morgan fingerprint density at radius 1 is 0.793 bits per heavy atom. The van der Waals surface area contributed by atoms with Gasteiger partial charge in [-0.25, -0.2) is 0 Å². The molecule has 8 heteroatoms. The van der Waals surface area contributed by atoms with Gasteiger partial charge in [0.05, 0.1) is 5.75 Å². The van der Waals surface area contributed by atoms with E-state index in [1.807, 2.05) is 0 Å². The van der Waals surface area contributed by atoms with Gasteiger partial charge in [0.2, 0.25) is 17.8 Å².